The van der Waals surface area contributed by atoms with Crippen LogP contribution >= 0.6 is 0 Å². The second-order valence-corrected chi connectivity index (χ2v) is 20.7. The Labute approximate surface area is 418 Å². The van der Waals surface area contributed by atoms with E-state index < -0.39 is 18.2 Å². The standard InChI is InChI=1S/C61H117NO5/c1-4-7-10-13-16-19-22-25-27-29-31-33-36-39-42-45-48-51-54-61(66)67-57(52-49-46-43-40-37-35-32-30-28-26-23-20-17-14-11-8-5-2)55-60(65)62-58(56-63)59(64)53-50-47-44-41-38-34-24-21-18-15-12-9-6-3/h26,28,31,33,57-59,63-64H,4-25,27,29-30,32,34-56H2,1-3H3,(H,62,65)/b28-26+,33-31+. The van der Waals surface area contributed by atoms with Crippen LogP contribution in [0.5, 0.6) is 0 Å². The Morgan fingerprint density at radius 3 is 1.06 bits per heavy atom. The van der Waals surface area contributed by atoms with Crippen LogP contribution in [0.1, 0.15) is 329 Å². The molecule has 0 aromatic rings. The van der Waals surface area contributed by atoms with Crippen LogP contribution in [0, 0.1) is 0 Å². The Kier molecular flexibility index (Phi) is 53.9. The van der Waals surface area contributed by atoms with E-state index in [0.717, 1.165) is 57.8 Å². The molecule has 0 rings (SSSR count). The third kappa shape index (κ3) is 50.5. The molecular weight excluding hydrogens is 827 g/mol. The summed E-state index contributed by atoms with van der Waals surface area (Å²) in [6, 6.07) is -0.702. The van der Waals surface area contributed by atoms with Crippen LogP contribution in [0.4, 0.5) is 0 Å². The summed E-state index contributed by atoms with van der Waals surface area (Å²) in [6.45, 7) is 6.52. The van der Waals surface area contributed by atoms with E-state index >= 15 is 0 Å². The van der Waals surface area contributed by atoms with Crippen molar-refractivity contribution >= 4 is 11.9 Å². The van der Waals surface area contributed by atoms with Crippen molar-refractivity contribution in [3.63, 3.8) is 0 Å². The molecule has 0 heterocycles. The Morgan fingerprint density at radius 1 is 0.418 bits per heavy atom. The molecule has 67 heavy (non-hydrogen) atoms. The van der Waals surface area contributed by atoms with E-state index in [4.69, 9.17) is 4.74 Å². The van der Waals surface area contributed by atoms with Gasteiger partial charge in [0.2, 0.25) is 5.91 Å². The summed E-state index contributed by atoms with van der Waals surface area (Å²) in [4.78, 5) is 26.3. The van der Waals surface area contributed by atoms with Gasteiger partial charge in [0, 0.05) is 6.42 Å². The van der Waals surface area contributed by atoms with Crippen LogP contribution in [0.15, 0.2) is 24.3 Å². The Bertz CT molecular complexity index is 1060. The number of carbonyl (C=O) groups excluding carboxylic acids is 2. The van der Waals surface area contributed by atoms with E-state index in [1.807, 2.05) is 0 Å². The molecule has 3 unspecified atom stereocenters. The molecule has 0 aromatic carbocycles. The summed E-state index contributed by atoms with van der Waals surface area (Å²) in [7, 11) is 0. The first-order valence-corrected chi connectivity index (χ1v) is 30.1. The Balaban J connectivity index is 4.54. The van der Waals surface area contributed by atoms with Crippen LogP contribution in [0.3, 0.4) is 0 Å². The first-order chi connectivity index (χ1) is 33.0. The predicted octanol–water partition coefficient (Wildman–Crippen LogP) is 18.6. The van der Waals surface area contributed by atoms with E-state index in [0.29, 0.717) is 19.3 Å². The maximum Gasteiger partial charge on any atom is 0.306 e. The number of allylic oxidation sites excluding steroid dienone is 4. The topological polar surface area (TPSA) is 95.9 Å². The van der Waals surface area contributed by atoms with Gasteiger partial charge in [0.05, 0.1) is 25.2 Å². The van der Waals surface area contributed by atoms with Crippen molar-refractivity contribution in [2.24, 2.45) is 0 Å². The molecule has 0 spiro atoms. The average Bonchev–Trinajstić information content (AvgIpc) is 3.32. The molecule has 0 aliphatic rings. The molecule has 0 saturated heterocycles. The molecule has 3 atom stereocenters. The van der Waals surface area contributed by atoms with Crippen molar-refractivity contribution in [1.82, 2.24) is 5.32 Å². The summed E-state index contributed by atoms with van der Waals surface area (Å²) in [6.07, 6.45) is 65.3. The van der Waals surface area contributed by atoms with E-state index in [1.54, 1.807) is 0 Å². The molecule has 0 saturated carbocycles. The highest BCUT2D eigenvalue weighted by atomic mass is 16.5. The number of hydrogen-bond acceptors (Lipinski definition) is 5. The minimum Gasteiger partial charge on any atom is -0.462 e. The minimum absolute atomic E-state index is 0.0761. The number of aliphatic hydroxyl groups excluding tert-OH is 2. The lowest BCUT2D eigenvalue weighted by atomic mass is 10.0. The number of amides is 1. The first-order valence-electron chi connectivity index (χ1n) is 30.1. The first kappa shape index (κ1) is 65.3. The molecule has 0 aliphatic carbocycles. The van der Waals surface area contributed by atoms with Crippen molar-refractivity contribution in [3.05, 3.63) is 24.3 Å². The quantitative estimate of drug-likeness (QED) is 0.0321. The van der Waals surface area contributed by atoms with Gasteiger partial charge < -0.3 is 20.3 Å². The zero-order chi connectivity index (χ0) is 48.8. The van der Waals surface area contributed by atoms with E-state index in [1.165, 1.54) is 225 Å². The third-order valence-electron chi connectivity index (χ3n) is 14.0. The van der Waals surface area contributed by atoms with Gasteiger partial charge in [-0.25, -0.2) is 0 Å². The largest absolute Gasteiger partial charge is 0.462 e. The van der Waals surface area contributed by atoms with Gasteiger partial charge in [0.15, 0.2) is 0 Å². The molecule has 0 bridgehead atoms. The van der Waals surface area contributed by atoms with Gasteiger partial charge in [-0.3, -0.25) is 9.59 Å². The molecule has 1 amide bonds. The molecule has 396 valence electrons. The highest BCUT2D eigenvalue weighted by Gasteiger charge is 2.24. The summed E-state index contributed by atoms with van der Waals surface area (Å²) in [5.74, 6) is -0.469. The van der Waals surface area contributed by atoms with Gasteiger partial charge in [-0.1, -0.05) is 263 Å². The molecule has 6 nitrogen and oxygen atoms in total. The summed E-state index contributed by atoms with van der Waals surface area (Å²) < 4.78 is 5.97. The molecule has 0 radical (unpaired) electrons. The lowest BCUT2D eigenvalue weighted by Crippen LogP contribution is -2.46. The number of carbonyl (C=O) groups is 2. The smallest absolute Gasteiger partial charge is 0.306 e. The van der Waals surface area contributed by atoms with Crippen molar-refractivity contribution in [3.8, 4) is 0 Å². The van der Waals surface area contributed by atoms with E-state index in [2.05, 4.69) is 50.4 Å². The van der Waals surface area contributed by atoms with Crippen LogP contribution in [-0.4, -0.2) is 46.9 Å². The zero-order valence-electron chi connectivity index (χ0n) is 45.3. The average molecular weight is 945 g/mol. The second-order valence-electron chi connectivity index (χ2n) is 20.7. The fourth-order valence-electron chi connectivity index (χ4n) is 9.42. The fourth-order valence-corrected chi connectivity index (χ4v) is 9.42. The molecule has 0 fully saturated rings. The van der Waals surface area contributed by atoms with E-state index in [9.17, 15) is 19.8 Å². The molecule has 3 N–H and O–H groups in total. The highest BCUT2D eigenvalue weighted by molar-refractivity contribution is 5.77. The normalized spacial score (nSPS) is 13.2. The fraction of sp³-hybridized carbons (Fsp3) is 0.902. The number of hydrogen-bond donors (Lipinski definition) is 3. The maximum absolute atomic E-state index is 13.3. The van der Waals surface area contributed by atoms with Gasteiger partial charge in [0.25, 0.3) is 0 Å². The van der Waals surface area contributed by atoms with Crippen LogP contribution < -0.4 is 5.32 Å². The van der Waals surface area contributed by atoms with Gasteiger partial charge in [0.1, 0.15) is 6.10 Å². The number of aliphatic hydroxyl groups is 2. The maximum atomic E-state index is 13.3. The SMILES string of the molecule is CCCCCCCC/C=C/CCCCCCCCCC(CC(=O)NC(CO)C(O)CCCCCCCCCCCCCCC)OC(=O)CCCCCCC/C=C/CCCCCCCCCCC. The summed E-state index contributed by atoms with van der Waals surface area (Å²) >= 11 is 0. The van der Waals surface area contributed by atoms with Crippen LogP contribution in [0.25, 0.3) is 0 Å². The van der Waals surface area contributed by atoms with Crippen LogP contribution in [-0.2, 0) is 14.3 Å². The number of ether oxygens (including phenoxy) is 1. The van der Waals surface area contributed by atoms with Crippen molar-refractivity contribution in [2.45, 2.75) is 347 Å². The molecule has 6 heteroatoms. The Morgan fingerprint density at radius 2 is 0.716 bits per heavy atom. The second kappa shape index (κ2) is 55.3. The lowest BCUT2D eigenvalue weighted by Gasteiger charge is -2.24. The van der Waals surface area contributed by atoms with Crippen molar-refractivity contribution in [1.29, 1.82) is 0 Å². The van der Waals surface area contributed by atoms with Gasteiger partial charge in [-0.15, -0.1) is 0 Å². The molecule has 0 aromatic heterocycles. The summed E-state index contributed by atoms with van der Waals surface area (Å²) in [5, 5.41) is 23.9. The van der Waals surface area contributed by atoms with Gasteiger partial charge in [-0.05, 0) is 77.0 Å². The Hall–Kier alpha value is -1.66. The predicted molar refractivity (Wildman–Crippen MR) is 292 cm³/mol. The molecule has 0 aliphatic heterocycles. The zero-order valence-corrected chi connectivity index (χ0v) is 45.3. The van der Waals surface area contributed by atoms with Gasteiger partial charge >= 0.3 is 5.97 Å². The van der Waals surface area contributed by atoms with Gasteiger partial charge in [-0.2, -0.15) is 0 Å². The number of nitrogens with one attached hydrogen (secondary N) is 1. The minimum atomic E-state index is -0.788. The monoisotopic (exact) mass is 944 g/mol. The molecular formula is C61H117NO5. The third-order valence-corrected chi connectivity index (χ3v) is 14.0. The highest BCUT2D eigenvalue weighted by Crippen LogP contribution is 2.19. The van der Waals surface area contributed by atoms with E-state index in [-0.39, 0.29) is 24.9 Å². The number of rotatable bonds is 55. The van der Waals surface area contributed by atoms with Crippen LogP contribution in [0.2, 0.25) is 0 Å². The number of esters is 1. The van der Waals surface area contributed by atoms with Crippen molar-refractivity contribution in [2.75, 3.05) is 6.61 Å². The number of unbranched alkanes of at least 4 members (excludes halogenated alkanes) is 39. The summed E-state index contributed by atoms with van der Waals surface area (Å²) in [5.41, 5.74) is 0. The lowest BCUT2D eigenvalue weighted by molar-refractivity contribution is -0.151. The van der Waals surface area contributed by atoms with Crippen molar-refractivity contribution < 1.29 is 24.5 Å².